The SMILES string of the molecule is CCC(C)CN1CC2N(Cc3ccc(OC(F)F)cc3)CCC(=O)N2C(CC(=O)OC)C1=O. The van der Waals surface area contributed by atoms with E-state index in [9.17, 15) is 23.2 Å². The predicted molar refractivity (Wildman–Crippen MR) is 115 cm³/mol. The zero-order chi connectivity index (χ0) is 24.1. The fourth-order valence-corrected chi connectivity index (χ4v) is 4.35. The molecule has 1 aromatic rings. The summed E-state index contributed by atoms with van der Waals surface area (Å²) in [5.74, 6) is -0.597. The third-order valence-corrected chi connectivity index (χ3v) is 6.31. The average Bonchev–Trinajstić information content (AvgIpc) is 2.78. The first-order valence-corrected chi connectivity index (χ1v) is 11.2. The van der Waals surface area contributed by atoms with Crippen molar-refractivity contribution in [3.8, 4) is 5.75 Å². The molecule has 1 aromatic carbocycles. The normalized spacial score (nSPS) is 22.4. The molecule has 10 heteroatoms. The third-order valence-electron chi connectivity index (χ3n) is 6.31. The smallest absolute Gasteiger partial charge is 0.387 e. The summed E-state index contributed by atoms with van der Waals surface area (Å²) in [5, 5.41) is 0. The number of hydrogen-bond acceptors (Lipinski definition) is 6. The Balaban J connectivity index is 1.84. The zero-order valence-electron chi connectivity index (χ0n) is 19.2. The van der Waals surface area contributed by atoms with Gasteiger partial charge in [-0.25, -0.2) is 0 Å². The molecule has 182 valence electrons. The Morgan fingerprint density at radius 1 is 1.21 bits per heavy atom. The number of nitrogens with zero attached hydrogens (tertiary/aromatic N) is 3. The maximum atomic E-state index is 13.2. The van der Waals surface area contributed by atoms with Crippen LogP contribution in [0.5, 0.6) is 5.75 Å². The van der Waals surface area contributed by atoms with Gasteiger partial charge in [0.05, 0.1) is 20.1 Å². The first kappa shape index (κ1) is 24.9. The van der Waals surface area contributed by atoms with Gasteiger partial charge in [0.2, 0.25) is 11.8 Å². The largest absolute Gasteiger partial charge is 0.469 e. The van der Waals surface area contributed by atoms with Gasteiger partial charge < -0.3 is 19.3 Å². The quantitative estimate of drug-likeness (QED) is 0.519. The van der Waals surface area contributed by atoms with Crippen LogP contribution < -0.4 is 4.74 Å². The van der Waals surface area contributed by atoms with E-state index in [1.54, 1.807) is 17.0 Å². The van der Waals surface area contributed by atoms with Crippen molar-refractivity contribution in [2.75, 3.05) is 26.7 Å². The number of carbonyl (C=O) groups is 3. The highest BCUT2D eigenvalue weighted by molar-refractivity contribution is 5.92. The Hall–Kier alpha value is -2.75. The van der Waals surface area contributed by atoms with E-state index in [0.29, 0.717) is 26.2 Å². The summed E-state index contributed by atoms with van der Waals surface area (Å²) in [4.78, 5) is 43.6. The highest BCUT2D eigenvalue weighted by atomic mass is 19.3. The number of halogens is 2. The number of fused-ring (bicyclic) bond motifs is 1. The number of benzene rings is 1. The van der Waals surface area contributed by atoms with Gasteiger partial charge in [-0.15, -0.1) is 0 Å². The minimum Gasteiger partial charge on any atom is -0.469 e. The Morgan fingerprint density at radius 2 is 1.91 bits per heavy atom. The monoisotopic (exact) mass is 467 g/mol. The van der Waals surface area contributed by atoms with Crippen molar-refractivity contribution >= 4 is 17.8 Å². The molecule has 2 fully saturated rings. The summed E-state index contributed by atoms with van der Waals surface area (Å²) in [5.41, 5.74) is 0.862. The minimum absolute atomic E-state index is 0.0744. The molecule has 0 radical (unpaired) electrons. The number of hydrogen-bond donors (Lipinski definition) is 0. The molecule has 2 aliphatic heterocycles. The van der Waals surface area contributed by atoms with E-state index in [1.165, 1.54) is 24.1 Å². The second kappa shape index (κ2) is 10.9. The van der Waals surface area contributed by atoms with Gasteiger partial charge in [0.25, 0.3) is 0 Å². The number of carbonyl (C=O) groups excluding carboxylic acids is 3. The van der Waals surface area contributed by atoms with Gasteiger partial charge in [-0.1, -0.05) is 32.4 Å². The number of esters is 1. The van der Waals surface area contributed by atoms with Gasteiger partial charge in [-0.05, 0) is 23.6 Å². The number of methoxy groups -OCH3 is 1. The number of alkyl halides is 2. The van der Waals surface area contributed by atoms with Crippen LogP contribution in [0.15, 0.2) is 24.3 Å². The summed E-state index contributed by atoms with van der Waals surface area (Å²) in [6.07, 6.45) is 0.538. The standard InChI is InChI=1S/C23H31F2N3O5/c1-4-15(2)12-27-14-19-26(13-16-5-7-17(8-6-16)33-23(24)25)10-9-20(29)28(19)18(22(27)31)11-21(30)32-3/h5-8,15,18-19,23H,4,9-14H2,1-3H3. The molecule has 2 amide bonds. The Labute approximate surface area is 192 Å². The van der Waals surface area contributed by atoms with E-state index in [0.717, 1.165) is 12.0 Å². The lowest BCUT2D eigenvalue weighted by atomic mass is 9.99. The average molecular weight is 468 g/mol. The molecular weight excluding hydrogens is 436 g/mol. The van der Waals surface area contributed by atoms with Crippen molar-refractivity contribution in [3.63, 3.8) is 0 Å². The van der Waals surface area contributed by atoms with Crippen LogP contribution in [0.25, 0.3) is 0 Å². The summed E-state index contributed by atoms with van der Waals surface area (Å²) in [6.45, 7) is 3.06. The summed E-state index contributed by atoms with van der Waals surface area (Å²) in [7, 11) is 1.26. The lowest BCUT2D eigenvalue weighted by Gasteiger charge is -2.52. The van der Waals surface area contributed by atoms with Gasteiger partial charge in [-0.3, -0.25) is 19.3 Å². The number of amides is 2. The predicted octanol–water partition coefficient (Wildman–Crippen LogP) is 2.47. The van der Waals surface area contributed by atoms with Crippen molar-refractivity contribution in [2.24, 2.45) is 5.92 Å². The van der Waals surface area contributed by atoms with Gasteiger partial charge in [0.15, 0.2) is 0 Å². The Kier molecular flexibility index (Phi) is 8.23. The van der Waals surface area contributed by atoms with Crippen molar-refractivity contribution in [2.45, 2.75) is 58.5 Å². The van der Waals surface area contributed by atoms with Crippen LogP contribution in [0.4, 0.5) is 8.78 Å². The van der Waals surface area contributed by atoms with Crippen LogP contribution >= 0.6 is 0 Å². The summed E-state index contributed by atoms with van der Waals surface area (Å²) < 4.78 is 34.0. The van der Waals surface area contributed by atoms with E-state index in [1.807, 2.05) is 0 Å². The van der Waals surface area contributed by atoms with Gasteiger partial charge >= 0.3 is 12.6 Å². The molecular formula is C23H31F2N3O5. The van der Waals surface area contributed by atoms with E-state index in [2.05, 4.69) is 23.5 Å². The highest BCUT2D eigenvalue weighted by Gasteiger charge is 2.48. The molecule has 0 bridgehead atoms. The zero-order valence-corrected chi connectivity index (χ0v) is 19.2. The molecule has 0 spiro atoms. The van der Waals surface area contributed by atoms with Crippen LogP contribution in [0.1, 0.15) is 38.7 Å². The molecule has 0 aliphatic carbocycles. The Morgan fingerprint density at radius 3 is 2.52 bits per heavy atom. The molecule has 3 unspecified atom stereocenters. The minimum atomic E-state index is -2.89. The van der Waals surface area contributed by atoms with Gasteiger partial charge in [0, 0.05) is 26.1 Å². The maximum absolute atomic E-state index is 13.2. The van der Waals surface area contributed by atoms with E-state index in [4.69, 9.17) is 4.74 Å². The van der Waals surface area contributed by atoms with Crippen LogP contribution in [0.3, 0.4) is 0 Å². The number of ether oxygens (including phenoxy) is 2. The molecule has 3 atom stereocenters. The molecule has 2 saturated heterocycles. The topological polar surface area (TPSA) is 79.4 Å². The first-order valence-electron chi connectivity index (χ1n) is 11.2. The molecule has 0 saturated carbocycles. The lowest BCUT2D eigenvalue weighted by molar-refractivity contribution is -0.174. The van der Waals surface area contributed by atoms with Crippen molar-refractivity contribution in [1.82, 2.24) is 14.7 Å². The summed E-state index contributed by atoms with van der Waals surface area (Å²) >= 11 is 0. The van der Waals surface area contributed by atoms with Crippen LogP contribution in [0, 0.1) is 5.92 Å². The first-order chi connectivity index (χ1) is 15.7. The number of rotatable bonds is 9. The molecule has 0 N–H and O–H groups in total. The number of piperazine rings is 1. The van der Waals surface area contributed by atoms with E-state index < -0.39 is 18.6 Å². The third kappa shape index (κ3) is 5.98. The van der Waals surface area contributed by atoms with Gasteiger partial charge in [-0.2, -0.15) is 8.78 Å². The Bertz CT molecular complexity index is 851. The molecule has 2 aliphatic rings. The van der Waals surface area contributed by atoms with Crippen LogP contribution in [-0.2, 0) is 25.7 Å². The van der Waals surface area contributed by atoms with Gasteiger partial charge in [0.1, 0.15) is 18.0 Å². The molecule has 0 aromatic heterocycles. The van der Waals surface area contributed by atoms with E-state index >= 15 is 0 Å². The molecule has 2 heterocycles. The molecule has 8 nitrogen and oxygen atoms in total. The van der Waals surface area contributed by atoms with E-state index in [-0.39, 0.29) is 42.5 Å². The second-order valence-electron chi connectivity index (χ2n) is 8.58. The summed E-state index contributed by atoms with van der Waals surface area (Å²) in [6, 6.07) is 5.46. The fourth-order valence-electron chi connectivity index (χ4n) is 4.35. The van der Waals surface area contributed by atoms with Crippen LogP contribution in [0.2, 0.25) is 0 Å². The fraction of sp³-hybridized carbons (Fsp3) is 0.609. The van der Waals surface area contributed by atoms with Crippen molar-refractivity contribution < 1.29 is 32.6 Å². The van der Waals surface area contributed by atoms with Crippen LogP contribution in [-0.4, -0.2) is 78.0 Å². The van der Waals surface area contributed by atoms with Crippen molar-refractivity contribution in [1.29, 1.82) is 0 Å². The maximum Gasteiger partial charge on any atom is 0.387 e. The lowest BCUT2D eigenvalue weighted by Crippen LogP contribution is -2.70. The second-order valence-corrected chi connectivity index (χ2v) is 8.58. The molecule has 33 heavy (non-hydrogen) atoms. The van der Waals surface area contributed by atoms with Crippen molar-refractivity contribution in [3.05, 3.63) is 29.8 Å². The molecule has 3 rings (SSSR count). The highest BCUT2D eigenvalue weighted by Crippen LogP contribution is 2.29.